The van der Waals surface area contributed by atoms with Crippen LogP contribution in [0.2, 0.25) is 5.04 Å². The molecule has 2 aromatic carbocycles. The van der Waals surface area contributed by atoms with Crippen molar-refractivity contribution in [2.24, 2.45) is 0 Å². The van der Waals surface area contributed by atoms with E-state index in [9.17, 15) is 15.3 Å². The van der Waals surface area contributed by atoms with Crippen molar-refractivity contribution in [1.82, 2.24) is 0 Å². The highest BCUT2D eigenvalue weighted by molar-refractivity contribution is 6.99. The van der Waals surface area contributed by atoms with E-state index in [1.807, 2.05) is 36.4 Å². The molecule has 1 fully saturated rings. The van der Waals surface area contributed by atoms with Crippen LogP contribution in [0.1, 0.15) is 33.6 Å². The van der Waals surface area contributed by atoms with Gasteiger partial charge in [0.25, 0.3) is 8.32 Å². The number of hydrogen-bond acceptors (Lipinski definition) is 6. The first-order valence-electron chi connectivity index (χ1n) is 11.9. The van der Waals surface area contributed by atoms with Crippen LogP contribution < -0.4 is 10.4 Å². The molecule has 0 aromatic heterocycles. The number of unbranched alkanes of at least 4 members (excludes halogenated alkanes) is 1. The molecule has 0 bridgehead atoms. The van der Waals surface area contributed by atoms with Crippen molar-refractivity contribution < 1.29 is 29.2 Å². The molecular weight excluding hydrogens is 448 g/mol. The number of aliphatic hydroxyl groups is 3. The fourth-order valence-corrected chi connectivity index (χ4v) is 9.16. The van der Waals surface area contributed by atoms with Crippen molar-refractivity contribution in [3.05, 3.63) is 73.3 Å². The average molecular weight is 487 g/mol. The number of allylic oxidation sites excluding steroid dienone is 1. The minimum atomic E-state index is -2.85. The molecule has 186 valence electrons. The Morgan fingerprint density at radius 3 is 1.97 bits per heavy atom. The van der Waals surface area contributed by atoms with Crippen molar-refractivity contribution in [2.45, 2.75) is 69.4 Å². The summed E-state index contributed by atoms with van der Waals surface area (Å²) in [4.78, 5) is 0. The molecule has 1 aliphatic rings. The van der Waals surface area contributed by atoms with E-state index in [0.29, 0.717) is 6.61 Å². The molecule has 6 nitrogen and oxygen atoms in total. The zero-order valence-corrected chi connectivity index (χ0v) is 21.3. The Morgan fingerprint density at radius 1 is 0.912 bits per heavy atom. The summed E-state index contributed by atoms with van der Waals surface area (Å²) < 4.78 is 18.5. The van der Waals surface area contributed by atoms with Gasteiger partial charge in [-0.15, -0.1) is 6.58 Å². The van der Waals surface area contributed by atoms with Gasteiger partial charge >= 0.3 is 0 Å². The van der Waals surface area contributed by atoms with Crippen molar-refractivity contribution in [1.29, 1.82) is 0 Å². The molecule has 0 amide bonds. The van der Waals surface area contributed by atoms with Gasteiger partial charge in [0.15, 0.2) is 6.29 Å². The highest BCUT2D eigenvalue weighted by Crippen LogP contribution is 2.37. The van der Waals surface area contributed by atoms with Crippen LogP contribution in [0.5, 0.6) is 0 Å². The van der Waals surface area contributed by atoms with E-state index in [-0.39, 0.29) is 11.6 Å². The zero-order valence-electron chi connectivity index (χ0n) is 20.3. The highest BCUT2D eigenvalue weighted by atomic mass is 28.4. The molecule has 0 radical (unpaired) electrons. The van der Waals surface area contributed by atoms with Crippen molar-refractivity contribution in [2.75, 3.05) is 13.2 Å². The van der Waals surface area contributed by atoms with Crippen molar-refractivity contribution in [3.63, 3.8) is 0 Å². The molecule has 2 aromatic rings. The Labute approximate surface area is 203 Å². The molecule has 1 saturated heterocycles. The predicted molar refractivity (Wildman–Crippen MR) is 136 cm³/mol. The lowest BCUT2D eigenvalue weighted by Gasteiger charge is -2.45. The minimum absolute atomic E-state index is 0.0464. The first-order valence-corrected chi connectivity index (χ1v) is 13.8. The van der Waals surface area contributed by atoms with Gasteiger partial charge in [0.05, 0.1) is 13.2 Å². The minimum Gasteiger partial charge on any atom is -0.405 e. The molecule has 34 heavy (non-hydrogen) atoms. The van der Waals surface area contributed by atoms with Crippen molar-refractivity contribution >= 4 is 18.7 Å². The largest absolute Gasteiger partial charge is 0.405 e. The lowest BCUT2D eigenvalue weighted by molar-refractivity contribution is -0.300. The topological polar surface area (TPSA) is 88.4 Å². The quantitative estimate of drug-likeness (QED) is 0.271. The van der Waals surface area contributed by atoms with Gasteiger partial charge in [0.2, 0.25) is 0 Å². The maximum atomic E-state index is 10.7. The summed E-state index contributed by atoms with van der Waals surface area (Å²) in [7, 11) is -2.85. The second-order valence-electron chi connectivity index (χ2n) is 9.79. The lowest BCUT2D eigenvalue weighted by Crippen LogP contribution is -2.68. The summed E-state index contributed by atoms with van der Waals surface area (Å²) in [5.74, 6) is 0. The fraction of sp³-hybridized carbons (Fsp3) is 0.481. The second-order valence-corrected chi connectivity index (χ2v) is 14.1. The Kier molecular flexibility index (Phi) is 9.23. The molecule has 5 atom stereocenters. The standard InChI is InChI=1S/C27H38O6Si/c1-5-6-13-18-31-26-25(30)24(29)23(28)22(33-26)19-32-34(27(2,3)4,20-14-9-7-10-15-20)21-16-11-8-12-17-21/h5,7-12,14-17,22-26,28-30H,1,6,13,18-19H2,2-4H3/t22-,23-,24+,25-,26?/m1/s1. The van der Waals surface area contributed by atoms with Crippen LogP contribution in [0.15, 0.2) is 73.3 Å². The molecule has 0 aliphatic carbocycles. The van der Waals surface area contributed by atoms with Gasteiger partial charge in [-0.1, -0.05) is 87.5 Å². The van der Waals surface area contributed by atoms with Gasteiger partial charge in [-0.3, -0.25) is 0 Å². The van der Waals surface area contributed by atoms with Crippen LogP contribution in [0.3, 0.4) is 0 Å². The zero-order chi connectivity index (χ0) is 24.8. The Morgan fingerprint density at radius 2 is 1.47 bits per heavy atom. The first-order chi connectivity index (χ1) is 16.2. The van der Waals surface area contributed by atoms with Gasteiger partial charge in [0, 0.05) is 0 Å². The van der Waals surface area contributed by atoms with E-state index in [1.165, 1.54) is 0 Å². The Bertz CT molecular complexity index is 845. The third kappa shape index (κ3) is 5.68. The SMILES string of the molecule is C=CCCCOC1O[C@H](CO[Si](c2ccccc2)(c2ccccc2)C(C)(C)C)[C@@H](O)[C@H](O)[C@H]1O. The molecule has 0 spiro atoms. The van der Waals surface area contributed by atoms with Crippen LogP contribution >= 0.6 is 0 Å². The Balaban J connectivity index is 1.89. The van der Waals surface area contributed by atoms with E-state index in [0.717, 1.165) is 23.2 Å². The lowest BCUT2D eigenvalue weighted by atomic mass is 9.99. The summed E-state index contributed by atoms with van der Waals surface area (Å²) in [6, 6.07) is 20.4. The number of ether oxygens (including phenoxy) is 2. The number of rotatable bonds is 10. The fourth-order valence-electron chi connectivity index (χ4n) is 4.59. The number of hydrogen-bond donors (Lipinski definition) is 3. The highest BCUT2D eigenvalue weighted by Gasteiger charge is 2.52. The molecule has 7 heteroatoms. The van der Waals surface area contributed by atoms with Crippen molar-refractivity contribution in [3.8, 4) is 0 Å². The average Bonchev–Trinajstić information content (AvgIpc) is 2.83. The summed E-state index contributed by atoms with van der Waals surface area (Å²) in [5.41, 5.74) is 0. The maximum Gasteiger partial charge on any atom is 0.261 e. The van der Waals surface area contributed by atoms with Gasteiger partial charge < -0.3 is 29.2 Å². The van der Waals surface area contributed by atoms with E-state index in [1.54, 1.807) is 6.08 Å². The number of aliphatic hydroxyl groups excluding tert-OH is 3. The van der Waals surface area contributed by atoms with E-state index in [2.05, 4.69) is 51.6 Å². The molecule has 1 heterocycles. The van der Waals surface area contributed by atoms with Gasteiger partial charge in [-0.05, 0) is 28.3 Å². The molecular formula is C27H38O6Si. The number of benzene rings is 2. The summed E-state index contributed by atoms with van der Waals surface area (Å²) in [6.07, 6.45) is -2.66. The Hall–Kier alpha value is -1.84. The first kappa shape index (κ1) is 26.8. The van der Waals surface area contributed by atoms with Crippen LogP contribution in [0, 0.1) is 0 Å². The smallest absolute Gasteiger partial charge is 0.261 e. The normalized spacial score (nSPS) is 25.8. The summed E-state index contributed by atoms with van der Waals surface area (Å²) in [6.45, 7) is 10.6. The maximum absolute atomic E-state index is 10.7. The van der Waals surface area contributed by atoms with Crippen LogP contribution in [0.4, 0.5) is 0 Å². The third-order valence-electron chi connectivity index (χ3n) is 6.38. The van der Waals surface area contributed by atoms with E-state index < -0.39 is 39.0 Å². The summed E-state index contributed by atoms with van der Waals surface area (Å²) >= 11 is 0. The molecule has 0 saturated carbocycles. The van der Waals surface area contributed by atoms with E-state index in [4.69, 9.17) is 13.9 Å². The van der Waals surface area contributed by atoms with Gasteiger partial charge in [0.1, 0.15) is 24.4 Å². The monoisotopic (exact) mass is 486 g/mol. The molecule has 3 N–H and O–H groups in total. The summed E-state index contributed by atoms with van der Waals surface area (Å²) in [5, 5.41) is 33.6. The van der Waals surface area contributed by atoms with Crippen LogP contribution in [-0.2, 0) is 13.9 Å². The third-order valence-corrected chi connectivity index (χ3v) is 11.4. The van der Waals surface area contributed by atoms with Gasteiger partial charge in [-0.2, -0.15) is 0 Å². The second kappa shape index (κ2) is 11.7. The van der Waals surface area contributed by atoms with Crippen LogP contribution in [-0.4, -0.2) is 67.6 Å². The predicted octanol–water partition coefficient (Wildman–Crippen LogP) is 2.35. The van der Waals surface area contributed by atoms with Crippen LogP contribution in [0.25, 0.3) is 0 Å². The molecule has 1 aliphatic heterocycles. The van der Waals surface area contributed by atoms with E-state index >= 15 is 0 Å². The van der Waals surface area contributed by atoms with Gasteiger partial charge in [-0.25, -0.2) is 0 Å². The molecule has 1 unspecified atom stereocenters. The molecule has 3 rings (SSSR count).